The molecule has 0 saturated carbocycles. The number of benzene rings is 1. The monoisotopic (exact) mass is 335 g/mol. The smallest absolute Gasteiger partial charge is 0.321 e. The fraction of sp³-hybridized carbons (Fsp3) is 0.412. The van der Waals surface area contributed by atoms with Crippen molar-refractivity contribution < 1.29 is 18.4 Å². The van der Waals surface area contributed by atoms with E-state index < -0.39 is 23.6 Å². The van der Waals surface area contributed by atoms with Crippen molar-refractivity contribution in [3.05, 3.63) is 35.9 Å². The first-order valence-electron chi connectivity index (χ1n) is 7.91. The number of allylic oxidation sites excluding steroid dienone is 2. The average Bonchev–Trinajstić information content (AvgIpc) is 2.95. The Morgan fingerprint density at radius 2 is 1.54 bits per heavy atom. The average molecular weight is 335 g/mol. The number of carbonyl (C=O) groups is 2. The molecule has 7 heteroatoms. The minimum absolute atomic E-state index is 0.154. The molecule has 1 aromatic rings. The fourth-order valence-corrected chi connectivity index (χ4v) is 3.31. The van der Waals surface area contributed by atoms with Crippen LogP contribution in [0.2, 0.25) is 0 Å². The van der Waals surface area contributed by atoms with Crippen LogP contribution in [-0.2, 0) is 4.79 Å². The molecule has 3 rings (SSSR count). The van der Waals surface area contributed by atoms with E-state index >= 15 is 0 Å². The summed E-state index contributed by atoms with van der Waals surface area (Å²) in [5, 5.41) is 4.75. The molecule has 24 heavy (non-hydrogen) atoms. The van der Waals surface area contributed by atoms with Crippen LogP contribution in [0.4, 0.5) is 25.0 Å². The van der Waals surface area contributed by atoms with Crippen LogP contribution in [0.15, 0.2) is 24.3 Å². The summed E-state index contributed by atoms with van der Waals surface area (Å²) < 4.78 is 27.6. The molecule has 1 fully saturated rings. The topological polar surface area (TPSA) is 61.4 Å². The Labute approximate surface area is 138 Å². The van der Waals surface area contributed by atoms with Crippen molar-refractivity contribution in [2.45, 2.75) is 19.8 Å². The van der Waals surface area contributed by atoms with E-state index in [1.807, 2.05) is 0 Å². The number of halogens is 2. The summed E-state index contributed by atoms with van der Waals surface area (Å²) in [4.78, 5) is 25.1. The van der Waals surface area contributed by atoms with E-state index in [2.05, 4.69) is 22.8 Å². The molecule has 3 amide bonds. The number of amides is 3. The van der Waals surface area contributed by atoms with Crippen molar-refractivity contribution in [2.75, 3.05) is 23.7 Å². The highest BCUT2D eigenvalue weighted by atomic mass is 19.1. The van der Waals surface area contributed by atoms with Crippen molar-refractivity contribution >= 4 is 23.3 Å². The van der Waals surface area contributed by atoms with E-state index in [1.165, 1.54) is 6.92 Å². The summed E-state index contributed by atoms with van der Waals surface area (Å²) in [6.45, 7) is 2.48. The number of likely N-dealkylation sites (tertiary alicyclic amines) is 1. The lowest BCUT2D eigenvalue weighted by Crippen LogP contribution is -2.33. The van der Waals surface area contributed by atoms with Gasteiger partial charge in [-0.25, -0.2) is 13.6 Å². The molecule has 5 nitrogen and oxygen atoms in total. The summed E-state index contributed by atoms with van der Waals surface area (Å²) in [6.07, 6.45) is 6.15. The highest BCUT2D eigenvalue weighted by Gasteiger charge is 2.35. The molecule has 0 bridgehead atoms. The van der Waals surface area contributed by atoms with Gasteiger partial charge >= 0.3 is 6.03 Å². The number of rotatable bonds is 2. The van der Waals surface area contributed by atoms with Crippen LogP contribution in [0, 0.1) is 23.5 Å². The van der Waals surface area contributed by atoms with Crippen LogP contribution in [0.5, 0.6) is 0 Å². The third-order valence-corrected chi connectivity index (χ3v) is 4.52. The van der Waals surface area contributed by atoms with E-state index in [1.54, 1.807) is 4.90 Å². The molecule has 2 atom stereocenters. The predicted molar refractivity (Wildman–Crippen MR) is 86.6 cm³/mol. The van der Waals surface area contributed by atoms with Crippen molar-refractivity contribution in [2.24, 2.45) is 11.8 Å². The standard InChI is InChI=1S/C17H19F2N3O2/c1-10(23)20-15-7-16(14(19)6-13(15)18)21-17(24)22-8-11-4-2-3-5-12(11)9-22/h2-3,6-7,11-12H,4-5,8-9H2,1H3,(H,20,23)(H,21,24). The van der Waals surface area contributed by atoms with Crippen LogP contribution in [0.25, 0.3) is 0 Å². The van der Waals surface area contributed by atoms with E-state index in [9.17, 15) is 18.4 Å². The van der Waals surface area contributed by atoms with Crippen molar-refractivity contribution in [3.63, 3.8) is 0 Å². The Kier molecular flexibility index (Phi) is 4.51. The molecule has 1 aliphatic heterocycles. The van der Waals surface area contributed by atoms with Crippen LogP contribution in [0.1, 0.15) is 19.8 Å². The van der Waals surface area contributed by atoms with E-state index in [-0.39, 0.29) is 11.4 Å². The van der Waals surface area contributed by atoms with Gasteiger partial charge < -0.3 is 15.5 Å². The van der Waals surface area contributed by atoms with Gasteiger partial charge in [0.1, 0.15) is 11.6 Å². The fourth-order valence-electron chi connectivity index (χ4n) is 3.31. The maximum absolute atomic E-state index is 13.9. The summed E-state index contributed by atoms with van der Waals surface area (Å²) >= 11 is 0. The minimum atomic E-state index is -0.890. The first-order valence-corrected chi connectivity index (χ1v) is 7.91. The second-order valence-electron chi connectivity index (χ2n) is 6.29. The van der Waals surface area contributed by atoms with E-state index in [0.29, 0.717) is 31.0 Å². The van der Waals surface area contributed by atoms with Crippen LogP contribution < -0.4 is 10.6 Å². The van der Waals surface area contributed by atoms with E-state index in [0.717, 1.165) is 18.9 Å². The van der Waals surface area contributed by atoms with Crippen molar-refractivity contribution in [3.8, 4) is 0 Å². The zero-order chi connectivity index (χ0) is 17.3. The summed E-state index contributed by atoms with van der Waals surface area (Å²) in [5.74, 6) is -1.37. The summed E-state index contributed by atoms with van der Waals surface area (Å²) in [7, 11) is 0. The molecule has 0 radical (unpaired) electrons. The van der Waals surface area contributed by atoms with Gasteiger partial charge in [-0.05, 0) is 30.7 Å². The summed E-state index contributed by atoms with van der Waals surface area (Å²) in [6, 6.07) is 1.33. The summed E-state index contributed by atoms with van der Waals surface area (Å²) in [5.41, 5.74) is -0.323. The molecule has 0 spiro atoms. The molecule has 2 N–H and O–H groups in total. The minimum Gasteiger partial charge on any atom is -0.324 e. The molecular formula is C17H19F2N3O2. The normalized spacial score (nSPS) is 22.2. The number of hydrogen-bond donors (Lipinski definition) is 2. The molecule has 1 aromatic carbocycles. The van der Waals surface area contributed by atoms with Gasteiger partial charge in [0.25, 0.3) is 0 Å². The first kappa shape index (κ1) is 16.4. The molecule has 1 saturated heterocycles. The number of nitrogens with one attached hydrogen (secondary N) is 2. The first-order chi connectivity index (χ1) is 11.4. The molecule has 128 valence electrons. The van der Waals surface area contributed by atoms with Gasteiger partial charge in [-0.3, -0.25) is 4.79 Å². The highest BCUT2D eigenvalue weighted by molar-refractivity contribution is 5.93. The van der Waals surface area contributed by atoms with Gasteiger partial charge in [0, 0.05) is 26.1 Å². The quantitative estimate of drug-likeness (QED) is 0.814. The lowest BCUT2D eigenvalue weighted by molar-refractivity contribution is -0.114. The number of urea groups is 1. The maximum Gasteiger partial charge on any atom is 0.321 e. The number of hydrogen-bond acceptors (Lipinski definition) is 2. The predicted octanol–water partition coefficient (Wildman–Crippen LogP) is 3.35. The Morgan fingerprint density at radius 1 is 1.00 bits per heavy atom. The van der Waals surface area contributed by atoms with Crippen LogP contribution in [-0.4, -0.2) is 29.9 Å². The van der Waals surface area contributed by atoms with Crippen molar-refractivity contribution in [1.82, 2.24) is 4.90 Å². The molecule has 0 aromatic heterocycles. The molecule has 2 aliphatic rings. The van der Waals surface area contributed by atoms with Crippen LogP contribution in [0.3, 0.4) is 0 Å². The number of fused-ring (bicyclic) bond motifs is 1. The Balaban J connectivity index is 1.71. The third-order valence-electron chi connectivity index (χ3n) is 4.52. The largest absolute Gasteiger partial charge is 0.324 e. The van der Waals surface area contributed by atoms with Gasteiger partial charge in [0.2, 0.25) is 5.91 Å². The Bertz CT molecular complexity index is 689. The van der Waals surface area contributed by atoms with Crippen LogP contribution >= 0.6 is 0 Å². The second kappa shape index (κ2) is 6.59. The number of nitrogens with zero attached hydrogens (tertiary/aromatic N) is 1. The third kappa shape index (κ3) is 3.39. The van der Waals surface area contributed by atoms with Gasteiger partial charge in [-0.1, -0.05) is 12.2 Å². The number of carbonyl (C=O) groups excluding carboxylic acids is 2. The Morgan fingerprint density at radius 3 is 2.08 bits per heavy atom. The zero-order valence-electron chi connectivity index (χ0n) is 13.3. The molecule has 1 heterocycles. The van der Waals surface area contributed by atoms with Gasteiger partial charge in [0.15, 0.2) is 0 Å². The van der Waals surface area contributed by atoms with Gasteiger partial charge in [-0.15, -0.1) is 0 Å². The molecule has 1 aliphatic carbocycles. The van der Waals surface area contributed by atoms with Gasteiger partial charge in [0.05, 0.1) is 11.4 Å². The zero-order valence-corrected chi connectivity index (χ0v) is 13.3. The second-order valence-corrected chi connectivity index (χ2v) is 6.29. The lowest BCUT2D eigenvalue weighted by atomic mass is 9.86. The Hall–Kier alpha value is -2.44. The maximum atomic E-state index is 13.9. The highest BCUT2D eigenvalue weighted by Crippen LogP contribution is 2.33. The van der Waals surface area contributed by atoms with E-state index in [4.69, 9.17) is 0 Å². The van der Waals surface area contributed by atoms with Gasteiger partial charge in [-0.2, -0.15) is 0 Å². The van der Waals surface area contributed by atoms with Crippen molar-refractivity contribution in [1.29, 1.82) is 0 Å². The molecule has 2 unspecified atom stereocenters. The lowest BCUT2D eigenvalue weighted by Gasteiger charge is -2.18. The SMILES string of the molecule is CC(=O)Nc1cc(NC(=O)N2CC3CC=CCC3C2)c(F)cc1F. The number of anilines is 2. The molecular weight excluding hydrogens is 316 g/mol.